The maximum absolute atomic E-state index is 14.5. The molecule has 2 atom stereocenters. The molecule has 2 heterocycles. The van der Waals surface area contributed by atoms with Crippen LogP contribution in [0.3, 0.4) is 0 Å². The Labute approximate surface area is 173 Å². The van der Waals surface area contributed by atoms with Crippen LogP contribution in [0.1, 0.15) is 67.2 Å². The quantitative estimate of drug-likeness (QED) is 0.527. The highest BCUT2D eigenvalue weighted by molar-refractivity contribution is 6.05. The van der Waals surface area contributed by atoms with Gasteiger partial charge in [-0.2, -0.15) is 0 Å². The molecular formula is C22H24FN3O4. The second-order valence-electron chi connectivity index (χ2n) is 7.17. The first-order valence-electron chi connectivity index (χ1n) is 9.38. The number of carbonyl (C=O) groups excluding carboxylic acids is 1. The van der Waals surface area contributed by atoms with Crippen LogP contribution in [0.4, 0.5) is 21.5 Å². The van der Waals surface area contributed by atoms with E-state index >= 15 is 0 Å². The largest absolute Gasteiger partial charge is 0.464 e. The predicted molar refractivity (Wildman–Crippen MR) is 114 cm³/mol. The Morgan fingerprint density at radius 2 is 1.80 bits per heavy atom. The van der Waals surface area contributed by atoms with Crippen molar-refractivity contribution in [3.05, 3.63) is 73.2 Å². The maximum Gasteiger partial charge on any atom is 0.254 e. The molecule has 0 unspecified atom stereocenters. The SMILES string of the molecule is C.CC[C@@H](Nc1c(Nc2c(F)ccc3c2C(=O)N[C@@H]3C)c(=O)c1=O)c1ccc(C)o1. The minimum absolute atomic E-state index is 0. The molecule has 0 bridgehead atoms. The molecule has 1 amide bonds. The molecule has 0 saturated carbocycles. The topological polar surface area (TPSA) is 100 Å². The molecule has 1 aromatic heterocycles. The number of furan rings is 1. The van der Waals surface area contributed by atoms with Gasteiger partial charge >= 0.3 is 0 Å². The van der Waals surface area contributed by atoms with Crippen molar-refractivity contribution >= 4 is 23.0 Å². The van der Waals surface area contributed by atoms with Gasteiger partial charge in [0, 0.05) is 0 Å². The predicted octanol–water partition coefficient (Wildman–Crippen LogP) is 4.07. The lowest BCUT2D eigenvalue weighted by Crippen LogP contribution is -2.37. The summed E-state index contributed by atoms with van der Waals surface area (Å²) in [7, 11) is 0. The van der Waals surface area contributed by atoms with Crippen molar-refractivity contribution in [1.29, 1.82) is 0 Å². The summed E-state index contributed by atoms with van der Waals surface area (Å²) >= 11 is 0. The van der Waals surface area contributed by atoms with Gasteiger partial charge in [0.1, 0.15) is 28.7 Å². The van der Waals surface area contributed by atoms with E-state index in [9.17, 15) is 18.8 Å². The maximum atomic E-state index is 14.5. The van der Waals surface area contributed by atoms with E-state index in [2.05, 4.69) is 16.0 Å². The fourth-order valence-electron chi connectivity index (χ4n) is 3.63. The molecule has 0 radical (unpaired) electrons. The summed E-state index contributed by atoms with van der Waals surface area (Å²) in [5, 5.41) is 8.43. The Kier molecular flexibility index (Phi) is 5.52. The average Bonchev–Trinajstić information content (AvgIpc) is 3.25. The summed E-state index contributed by atoms with van der Waals surface area (Å²) in [5.74, 6) is 0.246. The standard InChI is InChI=1S/C21H20FN3O4.CH4/c1-4-13(14-8-5-9(2)29-14)24-17-18(20(27)19(17)26)25-16-12(22)7-6-11-10(3)23-21(28)15(11)16;/h5-8,10,13,24-25H,4H2,1-3H3,(H,23,28);1H4/t10-,13-;/m1./s1. The molecule has 30 heavy (non-hydrogen) atoms. The second kappa shape index (κ2) is 7.78. The average molecular weight is 413 g/mol. The Hall–Kier alpha value is -3.42. The van der Waals surface area contributed by atoms with Crippen LogP contribution >= 0.6 is 0 Å². The third-order valence-corrected chi connectivity index (χ3v) is 5.22. The van der Waals surface area contributed by atoms with Crippen molar-refractivity contribution in [3.8, 4) is 0 Å². The van der Waals surface area contributed by atoms with Crippen LogP contribution in [0.15, 0.2) is 38.3 Å². The van der Waals surface area contributed by atoms with Gasteiger partial charge in [-0.3, -0.25) is 14.4 Å². The summed E-state index contributed by atoms with van der Waals surface area (Å²) in [6.07, 6.45) is 0.597. The van der Waals surface area contributed by atoms with Crippen LogP contribution in [-0.2, 0) is 0 Å². The number of fused-ring (bicyclic) bond motifs is 1. The zero-order chi connectivity index (χ0) is 20.9. The number of amides is 1. The first-order chi connectivity index (χ1) is 13.8. The normalized spacial score (nSPS) is 16.0. The van der Waals surface area contributed by atoms with Crippen LogP contribution < -0.4 is 26.8 Å². The number of aryl methyl sites for hydroxylation is 1. The van der Waals surface area contributed by atoms with Crippen molar-refractivity contribution in [2.24, 2.45) is 0 Å². The van der Waals surface area contributed by atoms with Gasteiger partial charge < -0.3 is 20.4 Å². The zero-order valence-corrected chi connectivity index (χ0v) is 16.2. The van der Waals surface area contributed by atoms with Crippen LogP contribution in [0.2, 0.25) is 0 Å². The molecule has 8 heteroatoms. The fraction of sp³-hybridized carbons (Fsp3) is 0.318. The highest BCUT2D eigenvalue weighted by Crippen LogP contribution is 2.35. The number of halogens is 1. The van der Waals surface area contributed by atoms with Crippen molar-refractivity contribution in [1.82, 2.24) is 5.32 Å². The van der Waals surface area contributed by atoms with E-state index < -0.39 is 22.6 Å². The molecule has 0 fully saturated rings. The third-order valence-electron chi connectivity index (χ3n) is 5.22. The van der Waals surface area contributed by atoms with Gasteiger partial charge in [-0.25, -0.2) is 4.39 Å². The van der Waals surface area contributed by atoms with E-state index in [0.29, 0.717) is 17.7 Å². The van der Waals surface area contributed by atoms with Crippen LogP contribution in [-0.4, -0.2) is 5.91 Å². The molecule has 4 rings (SSSR count). The molecule has 7 nitrogen and oxygen atoms in total. The van der Waals surface area contributed by atoms with E-state index in [4.69, 9.17) is 4.42 Å². The van der Waals surface area contributed by atoms with Crippen molar-refractivity contribution in [3.63, 3.8) is 0 Å². The van der Waals surface area contributed by atoms with Gasteiger partial charge in [-0.1, -0.05) is 20.4 Å². The number of carbonyl (C=O) groups is 1. The second-order valence-corrected chi connectivity index (χ2v) is 7.17. The Morgan fingerprint density at radius 3 is 2.43 bits per heavy atom. The molecule has 2 aromatic carbocycles. The molecule has 1 aliphatic heterocycles. The number of anilines is 3. The number of benzene rings is 1. The molecular weight excluding hydrogens is 389 g/mol. The Bertz CT molecular complexity index is 1190. The van der Waals surface area contributed by atoms with E-state index in [1.165, 1.54) is 12.1 Å². The smallest absolute Gasteiger partial charge is 0.254 e. The molecule has 0 aliphatic carbocycles. The summed E-state index contributed by atoms with van der Waals surface area (Å²) < 4.78 is 20.1. The molecule has 0 saturated heterocycles. The summed E-state index contributed by atoms with van der Waals surface area (Å²) in [5.41, 5.74) is -0.798. The number of nitrogens with one attached hydrogen (secondary N) is 3. The van der Waals surface area contributed by atoms with Gasteiger partial charge in [0.2, 0.25) is 0 Å². The minimum Gasteiger partial charge on any atom is -0.464 e. The molecule has 1 aliphatic rings. The first-order valence-corrected chi connectivity index (χ1v) is 9.38. The first kappa shape index (κ1) is 21.3. The number of hydrogen-bond donors (Lipinski definition) is 3. The lowest BCUT2D eigenvalue weighted by molar-refractivity contribution is 0.0959. The molecule has 158 valence electrons. The van der Waals surface area contributed by atoms with Gasteiger partial charge in [0.15, 0.2) is 0 Å². The summed E-state index contributed by atoms with van der Waals surface area (Å²) in [6, 6.07) is 5.77. The fourth-order valence-corrected chi connectivity index (χ4v) is 3.63. The van der Waals surface area contributed by atoms with Crippen LogP contribution in [0.5, 0.6) is 0 Å². The Balaban J connectivity index is 0.00000256. The van der Waals surface area contributed by atoms with E-state index in [0.717, 1.165) is 5.76 Å². The molecule has 3 N–H and O–H groups in total. The van der Waals surface area contributed by atoms with Gasteiger partial charge in [0.05, 0.1) is 23.3 Å². The van der Waals surface area contributed by atoms with E-state index in [-0.39, 0.29) is 42.1 Å². The summed E-state index contributed by atoms with van der Waals surface area (Å²) in [6.45, 7) is 5.50. The van der Waals surface area contributed by atoms with Crippen molar-refractivity contribution < 1.29 is 13.6 Å². The van der Waals surface area contributed by atoms with E-state index in [1.54, 1.807) is 13.0 Å². The highest BCUT2D eigenvalue weighted by atomic mass is 19.1. The number of hydrogen-bond acceptors (Lipinski definition) is 6. The van der Waals surface area contributed by atoms with Crippen LogP contribution in [0, 0.1) is 12.7 Å². The zero-order valence-electron chi connectivity index (χ0n) is 16.2. The van der Waals surface area contributed by atoms with Gasteiger partial charge in [-0.05, 0) is 44.0 Å². The highest BCUT2D eigenvalue weighted by Gasteiger charge is 2.32. The van der Waals surface area contributed by atoms with Gasteiger partial charge in [-0.15, -0.1) is 0 Å². The minimum atomic E-state index is -0.763. The van der Waals surface area contributed by atoms with Crippen molar-refractivity contribution in [2.45, 2.75) is 46.7 Å². The van der Waals surface area contributed by atoms with Gasteiger partial charge in [0.25, 0.3) is 16.8 Å². The monoisotopic (exact) mass is 413 g/mol. The lowest BCUT2D eigenvalue weighted by Gasteiger charge is -2.21. The summed E-state index contributed by atoms with van der Waals surface area (Å²) in [4.78, 5) is 36.6. The molecule has 0 spiro atoms. The molecule has 3 aromatic rings. The lowest BCUT2D eigenvalue weighted by atomic mass is 10.0. The van der Waals surface area contributed by atoms with E-state index in [1.807, 2.05) is 19.9 Å². The third kappa shape index (κ3) is 3.28. The number of rotatable bonds is 6. The van der Waals surface area contributed by atoms with Crippen LogP contribution in [0.25, 0.3) is 0 Å². The van der Waals surface area contributed by atoms with Crippen molar-refractivity contribution in [2.75, 3.05) is 10.6 Å². The Morgan fingerprint density at radius 1 is 1.10 bits per heavy atom.